The van der Waals surface area contributed by atoms with E-state index in [1.807, 2.05) is 0 Å². The minimum absolute atomic E-state index is 0.143. The van der Waals surface area contributed by atoms with E-state index in [0.29, 0.717) is 27.3 Å². The molecule has 0 fully saturated rings. The molecule has 0 bridgehead atoms. The zero-order valence-electron chi connectivity index (χ0n) is 13.2. The number of benzene rings is 2. The minimum atomic E-state index is -4.37. The number of halogens is 3. The van der Waals surface area contributed by atoms with E-state index in [0.717, 1.165) is 10.8 Å². The number of carbonyl (C=O) groups is 1. The van der Waals surface area contributed by atoms with Crippen molar-refractivity contribution in [2.45, 2.75) is 12.8 Å². The van der Waals surface area contributed by atoms with Crippen molar-refractivity contribution >= 4 is 39.2 Å². The number of anilines is 1. The Morgan fingerprint density at radius 3 is 2.58 bits per heavy atom. The van der Waals surface area contributed by atoms with Crippen molar-refractivity contribution in [2.75, 3.05) is 5.32 Å². The van der Waals surface area contributed by atoms with E-state index in [1.54, 1.807) is 18.2 Å². The highest BCUT2D eigenvalue weighted by atomic mass is 32.1. The molecule has 0 saturated carbocycles. The van der Waals surface area contributed by atoms with Gasteiger partial charge in [-0.2, -0.15) is 13.2 Å². The van der Waals surface area contributed by atoms with Crippen LogP contribution in [0.3, 0.4) is 0 Å². The molecule has 0 saturated heterocycles. The molecule has 0 radical (unpaired) electrons. The Kier molecular flexibility index (Phi) is 5.06. The van der Waals surface area contributed by atoms with Gasteiger partial charge in [0.25, 0.3) is 5.91 Å². The molecule has 3 rings (SSSR count). The van der Waals surface area contributed by atoms with Gasteiger partial charge in [0.15, 0.2) is 0 Å². The Morgan fingerprint density at radius 2 is 1.92 bits per heavy atom. The van der Waals surface area contributed by atoms with Crippen LogP contribution in [0.1, 0.15) is 20.9 Å². The molecule has 0 aliphatic heterocycles. The van der Waals surface area contributed by atoms with Crippen LogP contribution in [0, 0.1) is 0 Å². The number of allylic oxidation sites excluding steroid dienone is 1. The van der Waals surface area contributed by atoms with Gasteiger partial charge in [0, 0.05) is 17.3 Å². The second-order valence-corrected chi connectivity index (χ2v) is 6.51. The van der Waals surface area contributed by atoms with Crippen LogP contribution in [0.4, 0.5) is 18.9 Å². The van der Waals surface area contributed by atoms with E-state index >= 15 is 0 Å². The van der Waals surface area contributed by atoms with Crippen molar-refractivity contribution in [1.82, 2.24) is 4.98 Å². The highest BCUT2D eigenvalue weighted by molar-refractivity contribution is 7.18. The number of amides is 1. The molecule has 4 nitrogen and oxygen atoms in total. The highest BCUT2D eigenvalue weighted by Gasteiger charge is 2.21. The molecular weight excluding hydrogens is 365 g/mol. The number of nitrogens with zero attached hydrogens (tertiary/aromatic N) is 1. The fourth-order valence-corrected chi connectivity index (χ4v) is 3.07. The number of rotatable bonds is 4. The van der Waals surface area contributed by atoms with Crippen LogP contribution in [0.5, 0.6) is 0 Å². The molecule has 2 aromatic carbocycles. The van der Waals surface area contributed by atoms with Gasteiger partial charge in [0.1, 0.15) is 5.01 Å². The van der Waals surface area contributed by atoms with Crippen LogP contribution in [-0.4, -0.2) is 22.2 Å². The molecule has 0 spiro atoms. The first-order chi connectivity index (χ1) is 12.3. The molecular formula is C18H13F3N2O2S. The van der Waals surface area contributed by atoms with Crippen molar-refractivity contribution in [3.63, 3.8) is 0 Å². The fraction of sp³-hybridized carbons (Fsp3) is 0.111. The van der Waals surface area contributed by atoms with Crippen LogP contribution >= 0.6 is 11.3 Å². The molecule has 0 unspecified atom stereocenters. The summed E-state index contributed by atoms with van der Waals surface area (Å²) >= 11 is 1.37. The van der Waals surface area contributed by atoms with E-state index < -0.39 is 6.18 Å². The van der Waals surface area contributed by atoms with Crippen molar-refractivity contribution < 1.29 is 23.1 Å². The number of thiazole rings is 1. The summed E-state index contributed by atoms with van der Waals surface area (Å²) in [5, 5.41) is 12.4. The number of nitrogens with one attached hydrogen (secondary N) is 1. The summed E-state index contributed by atoms with van der Waals surface area (Å²) in [6, 6.07) is 11.0. The highest BCUT2D eigenvalue weighted by Crippen LogP contribution is 2.25. The van der Waals surface area contributed by atoms with Crippen LogP contribution in [0.25, 0.3) is 16.3 Å². The third kappa shape index (κ3) is 4.47. The second-order valence-electron chi connectivity index (χ2n) is 5.40. The predicted molar refractivity (Wildman–Crippen MR) is 95.0 cm³/mol. The van der Waals surface area contributed by atoms with E-state index in [2.05, 4.69) is 10.3 Å². The average molecular weight is 378 g/mol. The van der Waals surface area contributed by atoms with Crippen LogP contribution < -0.4 is 5.32 Å². The van der Waals surface area contributed by atoms with Gasteiger partial charge >= 0.3 is 6.18 Å². The summed E-state index contributed by atoms with van der Waals surface area (Å²) in [6.45, 7) is -0.143. The quantitative estimate of drug-likeness (QED) is 0.697. The molecule has 3 aromatic rings. The molecule has 1 heterocycles. The van der Waals surface area contributed by atoms with Gasteiger partial charge in [-0.3, -0.25) is 4.79 Å². The third-order valence-electron chi connectivity index (χ3n) is 3.46. The zero-order chi connectivity index (χ0) is 18.7. The van der Waals surface area contributed by atoms with Crippen molar-refractivity contribution in [1.29, 1.82) is 0 Å². The van der Waals surface area contributed by atoms with Crippen molar-refractivity contribution in [2.24, 2.45) is 0 Å². The van der Waals surface area contributed by atoms with Crippen molar-refractivity contribution in [3.05, 3.63) is 64.7 Å². The molecule has 2 N–H and O–H groups in total. The van der Waals surface area contributed by atoms with Gasteiger partial charge in [-0.05, 0) is 35.9 Å². The lowest BCUT2D eigenvalue weighted by molar-refractivity contribution is -0.0790. The van der Waals surface area contributed by atoms with E-state index in [1.165, 1.54) is 35.6 Å². The number of aliphatic hydroxyl groups excluding tert-OH is 1. The number of hydrogen-bond acceptors (Lipinski definition) is 4. The summed E-state index contributed by atoms with van der Waals surface area (Å²) in [5.74, 6) is -0.381. The summed E-state index contributed by atoms with van der Waals surface area (Å²) in [5.41, 5.74) is 1.88. The first kappa shape index (κ1) is 18.1. The zero-order valence-corrected chi connectivity index (χ0v) is 14.1. The summed E-state index contributed by atoms with van der Waals surface area (Å²) < 4.78 is 37.4. The molecule has 134 valence electrons. The number of aromatic nitrogens is 1. The summed E-state index contributed by atoms with van der Waals surface area (Å²) in [4.78, 5) is 16.5. The number of hydrogen-bond donors (Lipinski definition) is 2. The molecule has 26 heavy (non-hydrogen) atoms. The Morgan fingerprint density at radius 1 is 1.19 bits per heavy atom. The van der Waals surface area contributed by atoms with E-state index in [-0.39, 0.29) is 18.6 Å². The number of aliphatic hydroxyl groups is 1. The van der Waals surface area contributed by atoms with Gasteiger partial charge in [0.2, 0.25) is 0 Å². The summed E-state index contributed by atoms with van der Waals surface area (Å²) in [6.07, 6.45) is -3.29. The molecule has 0 aliphatic rings. The average Bonchev–Trinajstić information content (AvgIpc) is 3.02. The molecule has 0 aliphatic carbocycles. The topological polar surface area (TPSA) is 62.2 Å². The maximum atomic E-state index is 12.3. The fourth-order valence-electron chi connectivity index (χ4n) is 2.26. The third-order valence-corrected chi connectivity index (χ3v) is 4.48. The van der Waals surface area contributed by atoms with E-state index in [9.17, 15) is 18.0 Å². The number of fused-ring (bicyclic) bond motifs is 1. The predicted octanol–water partition coefficient (Wildman–Crippen LogP) is 4.62. The SMILES string of the molecule is O=C(Nc1ccc2sc(CO)nc2c1)c1ccc(/C=C/C(F)(F)F)cc1. The van der Waals surface area contributed by atoms with Gasteiger partial charge < -0.3 is 10.4 Å². The minimum Gasteiger partial charge on any atom is -0.389 e. The standard InChI is InChI=1S/C18H13F3N2O2S/c19-18(20,21)8-7-11-1-3-12(4-2-11)17(25)22-13-5-6-15-14(9-13)23-16(10-24)26-15/h1-9,24H,10H2,(H,22,25)/b8-7+. The summed E-state index contributed by atoms with van der Waals surface area (Å²) in [7, 11) is 0. The Bertz CT molecular complexity index is 963. The maximum absolute atomic E-state index is 12.3. The molecule has 0 atom stereocenters. The first-order valence-electron chi connectivity index (χ1n) is 7.52. The van der Waals surface area contributed by atoms with Gasteiger partial charge in [-0.1, -0.05) is 18.2 Å². The van der Waals surface area contributed by atoms with Crippen LogP contribution in [-0.2, 0) is 6.61 Å². The Balaban J connectivity index is 1.72. The van der Waals surface area contributed by atoms with Crippen molar-refractivity contribution in [3.8, 4) is 0 Å². The van der Waals surface area contributed by atoms with Gasteiger partial charge in [-0.25, -0.2) is 4.98 Å². The molecule has 1 aromatic heterocycles. The Hall–Kier alpha value is -2.71. The van der Waals surface area contributed by atoms with Gasteiger partial charge in [-0.15, -0.1) is 11.3 Å². The largest absolute Gasteiger partial charge is 0.409 e. The van der Waals surface area contributed by atoms with Crippen LogP contribution in [0.15, 0.2) is 48.5 Å². The second kappa shape index (κ2) is 7.27. The molecule has 8 heteroatoms. The maximum Gasteiger partial charge on any atom is 0.409 e. The first-order valence-corrected chi connectivity index (χ1v) is 8.33. The lowest BCUT2D eigenvalue weighted by Gasteiger charge is -2.06. The smallest absolute Gasteiger partial charge is 0.389 e. The Labute approximate surface area is 150 Å². The lowest BCUT2D eigenvalue weighted by atomic mass is 10.1. The molecule has 1 amide bonds. The van der Waals surface area contributed by atoms with Gasteiger partial charge in [0.05, 0.1) is 16.8 Å². The monoisotopic (exact) mass is 378 g/mol. The lowest BCUT2D eigenvalue weighted by Crippen LogP contribution is -2.11. The number of carbonyl (C=O) groups excluding carboxylic acids is 1. The van der Waals surface area contributed by atoms with E-state index in [4.69, 9.17) is 5.11 Å². The van der Waals surface area contributed by atoms with Crippen LogP contribution in [0.2, 0.25) is 0 Å². The normalized spacial score (nSPS) is 12.0. The number of alkyl halides is 3.